The number of fused-ring (bicyclic) bond motifs is 1. The Bertz CT molecular complexity index is 811. The largest absolute Gasteiger partial charge is 0.339 e. The molecule has 3 fully saturated rings. The van der Waals surface area contributed by atoms with E-state index in [1.807, 2.05) is 28.0 Å². The average molecular weight is 355 g/mol. The molecule has 0 spiro atoms. The maximum absolute atomic E-state index is 13.1. The fourth-order valence-corrected chi connectivity index (χ4v) is 5.31. The highest BCUT2D eigenvalue weighted by atomic mass is 32.1. The van der Waals surface area contributed by atoms with E-state index in [-0.39, 0.29) is 23.8 Å². The van der Waals surface area contributed by atoms with E-state index in [1.165, 1.54) is 4.70 Å². The summed E-state index contributed by atoms with van der Waals surface area (Å²) in [4.78, 5) is 34.0. The number of carbonyl (C=O) groups is 2. The molecule has 130 valence electrons. The Labute approximate surface area is 150 Å². The van der Waals surface area contributed by atoms with Gasteiger partial charge in [0.05, 0.1) is 22.2 Å². The molecule has 2 amide bonds. The topological polar surface area (TPSA) is 53.5 Å². The van der Waals surface area contributed by atoms with Crippen molar-refractivity contribution < 1.29 is 9.59 Å². The fourth-order valence-electron chi connectivity index (χ4n) is 4.19. The molecule has 5 nitrogen and oxygen atoms in total. The van der Waals surface area contributed by atoms with Crippen LogP contribution in [0, 0.1) is 5.92 Å². The summed E-state index contributed by atoms with van der Waals surface area (Å²) in [7, 11) is 0. The molecule has 5 rings (SSSR count). The quantitative estimate of drug-likeness (QED) is 0.850. The van der Waals surface area contributed by atoms with E-state index in [0.29, 0.717) is 19.0 Å². The first-order chi connectivity index (χ1) is 12.2. The molecular weight excluding hydrogens is 334 g/mol. The molecule has 1 aromatic heterocycles. The second-order valence-corrected chi connectivity index (χ2v) is 8.45. The van der Waals surface area contributed by atoms with Crippen LogP contribution in [-0.4, -0.2) is 45.7 Å². The number of thiazole rings is 1. The first-order valence-corrected chi connectivity index (χ1v) is 9.98. The molecule has 3 heterocycles. The van der Waals surface area contributed by atoms with Gasteiger partial charge in [-0.05, 0) is 37.8 Å². The smallest absolute Gasteiger partial charge is 0.228 e. The van der Waals surface area contributed by atoms with Crippen LogP contribution < -0.4 is 0 Å². The second-order valence-electron chi connectivity index (χ2n) is 7.39. The van der Waals surface area contributed by atoms with Crippen molar-refractivity contribution in [3.8, 4) is 0 Å². The number of aromatic nitrogens is 1. The molecule has 0 unspecified atom stereocenters. The van der Waals surface area contributed by atoms with Crippen LogP contribution in [0.3, 0.4) is 0 Å². The van der Waals surface area contributed by atoms with Crippen LogP contribution in [0.4, 0.5) is 0 Å². The molecule has 0 bridgehead atoms. The van der Waals surface area contributed by atoms with Gasteiger partial charge < -0.3 is 9.80 Å². The van der Waals surface area contributed by atoms with E-state index >= 15 is 0 Å². The van der Waals surface area contributed by atoms with Gasteiger partial charge >= 0.3 is 0 Å². The van der Waals surface area contributed by atoms with E-state index in [2.05, 4.69) is 6.07 Å². The Morgan fingerprint density at radius 1 is 1.20 bits per heavy atom. The van der Waals surface area contributed by atoms with Gasteiger partial charge in [0.1, 0.15) is 5.01 Å². The third-order valence-corrected chi connectivity index (χ3v) is 6.76. The summed E-state index contributed by atoms with van der Waals surface area (Å²) < 4.78 is 1.17. The zero-order chi connectivity index (χ0) is 17.0. The Kier molecular flexibility index (Phi) is 3.55. The lowest BCUT2D eigenvalue weighted by atomic mass is 10.1. The van der Waals surface area contributed by atoms with Crippen LogP contribution >= 0.6 is 11.3 Å². The molecule has 3 aliphatic rings. The number of likely N-dealkylation sites (tertiary alicyclic amines) is 2. The van der Waals surface area contributed by atoms with Crippen LogP contribution in [0.1, 0.15) is 43.2 Å². The number of hydrogen-bond acceptors (Lipinski definition) is 4. The highest BCUT2D eigenvalue weighted by molar-refractivity contribution is 7.18. The van der Waals surface area contributed by atoms with Gasteiger partial charge in [0, 0.05) is 25.6 Å². The van der Waals surface area contributed by atoms with Gasteiger partial charge in [-0.15, -0.1) is 11.3 Å². The van der Waals surface area contributed by atoms with E-state index in [4.69, 9.17) is 4.98 Å². The van der Waals surface area contributed by atoms with Gasteiger partial charge in [0.2, 0.25) is 11.8 Å². The molecule has 6 heteroatoms. The van der Waals surface area contributed by atoms with Gasteiger partial charge in [-0.3, -0.25) is 9.59 Å². The van der Waals surface area contributed by atoms with Gasteiger partial charge in [-0.25, -0.2) is 4.98 Å². The lowest BCUT2D eigenvalue weighted by molar-refractivity contribution is -0.136. The SMILES string of the molecule is O=C1C[C@@H](C(=O)N2CCC[C@H]2c2nc3ccccc3s2)CN1C1CC1. The summed E-state index contributed by atoms with van der Waals surface area (Å²) >= 11 is 1.69. The van der Waals surface area contributed by atoms with Gasteiger partial charge in [0.25, 0.3) is 0 Å². The van der Waals surface area contributed by atoms with Crippen molar-refractivity contribution in [2.45, 2.75) is 44.2 Å². The highest BCUT2D eigenvalue weighted by Crippen LogP contribution is 2.39. The molecule has 1 aliphatic carbocycles. The van der Waals surface area contributed by atoms with Crippen molar-refractivity contribution in [3.05, 3.63) is 29.3 Å². The molecule has 2 aliphatic heterocycles. The molecule has 1 saturated carbocycles. The zero-order valence-electron chi connectivity index (χ0n) is 14.1. The minimum atomic E-state index is -0.164. The lowest BCUT2D eigenvalue weighted by Gasteiger charge is -2.26. The molecule has 1 aromatic carbocycles. The van der Waals surface area contributed by atoms with Crippen molar-refractivity contribution in [2.75, 3.05) is 13.1 Å². The van der Waals surface area contributed by atoms with Crippen molar-refractivity contribution in [1.29, 1.82) is 0 Å². The predicted molar refractivity (Wildman–Crippen MR) is 96.2 cm³/mol. The summed E-state index contributed by atoms with van der Waals surface area (Å²) in [5.41, 5.74) is 1.01. The van der Waals surface area contributed by atoms with E-state index in [0.717, 1.165) is 42.8 Å². The number of carbonyl (C=O) groups excluding carboxylic acids is 2. The van der Waals surface area contributed by atoms with Crippen molar-refractivity contribution in [3.63, 3.8) is 0 Å². The molecule has 2 atom stereocenters. The normalized spacial score (nSPS) is 26.8. The van der Waals surface area contributed by atoms with Crippen LogP contribution in [0.2, 0.25) is 0 Å². The molecular formula is C19H21N3O2S. The van der Waals surface area contributed by atoms with Crippen molar-refractivity contribution in [2.24, 2.45) is 5.92 Å². The van der Waals surface area contributed by atoms with Crippen molar-refractivity contribution >= 4 is 33.4 Å². The number of nitrogens with zero attached hydrogens (tertiary/aromatic N) is 3. The third kappa shape index (κ3) is 2.63. The highest BCUT2D eigenvalue weighted by Gasteiger charge is 2.44. The molecule has 2 aromatic rings. The molecule has 0 radical (unpaired) electrons. The number of benzene rings is 1. The average Bonchev–Trinajstić information content (AvgIpc) is 3.05. The number of hydrogen-bond donors (Lipinski definition) is 0. The maximum atomic E-state index is 13.1. The van der Waals surface area contributed by atoms with Gasteiger partial charge in [0.15, 0.2) is 0 Å². The minimum absolute atomic E-state index is 0.0787. The Morgan fingerprint density at radius 3 is 2.84 bits per heavy atom. The Hall–Kier alpha value is -1.95. The summed E-state index contributed by atoms with van der Waals surface area (Å²) in [6, 6.07) is 8.62. The van der Waals surface area contributed by atoms with Crippen LogP contribution in [-0.2, 0) is 9.59 Å². The second kappa shape index (κ2) is 5.80. The van der Waals surface area contributed by atoms with E-state index in [9.17, 15) is 9.59 Å². The van der Waals surface area contributed by atoms with Gasteiger partial charge in [-0.1, -0.05) is 12.1 Å². The van der Waals surface area contributed by atoms with Crippen molar-refractivity contribution in [1.82, 2.24) is 14.8 Å². The van der Waals surface area contributed by atoms with E-state index < -0.39 is 0 Å². The number of para-hydroxylation sites is 1. The number of amides is 2. The third-order valence-electron chi connectivity index (χ3n) is 5.63. The fraction of sp³-hybridized carbons (Fsp3) is 0.526. The van der Waals surface area contributed by atoms with Crippen LogP contribution in [0.25, 0.3) is 10.2 Å². The lowest BCUT2D eigenvalue weighted by Crippen LogP contribution is -2.37. The van der Waals surface area contributed by atoms with Gasteiger partial charge in [-0.2, -0.15) is 0 Å². The summed E-state index contributed by atoms with van der Waals surface area (Å²) in [6.07, 6.45) is 4.58. The zero-order valence-corrected chi connectivity index (χ0v) is 14.9. The molecule has 2 saturated heterocycles. The van der Waals surface area contributed by atoms with Crippen LogP contribution in [0.5, 0.6) is 0 Å². The molecule has 0 N–H and O–H groups in total. The molecule has 25 heavy (non-hydrogen) atoms. The monoisotopic (exact) mass is 355 g/mol. The standard InChI is InChI=1S/C19H21N3O2S/c23-17-10-12(11-22(17)13-7-8-13)19(24)21-9-3-5-15(21)18-20-14-4-1-2-6-16(14)25-18/h1-2,4,6,12-13,15H,3,5,7-11H2/t12-,15+/m1/s1. The summed E-state index contributed by atoms with van der Waals surface area (Å²) in [5.74, 6) is 0.151. The van der Waals surface area contributed by atoms with Crippen LogP contribution in [0.15, 0.2) is 24.3 Å². The first-order valence-electron chi connectivity index (χ1n) is 9.16. The summed E-state index contributed by atoms with van der Waals surface area (Å²) in [6.45, 7) is 1.40. The summed E-state index contributed by atoms with van der Waals surface area (Å²) in [5, 5.41) is 1.04. The number of rotatable bonds is 3. The Morgan fingerprint density at radius 2 is 2.04 bits per heavy atom. The first kappa shape index (κ1) is 15.3. The Balaban J connectivity index is 1.37. The minimum Gasteiger partial charge on any atom is -0.339 e. The van der Waals surface area contributed by atoms with E-state index in [1.54, 1.807) is 11.3 Å². The predicted octanol–water partition coefficient (Wildman–Crippen LogP) is 2.97. The maximum Gasteiger partial charge on any atom is 0.228 e.